The van der Waals surface area contributed by atoms with E-state index >= 15 is 0 Å². The topological polar surface area (TPSA) is 3.24 Å². The number of fused-ring (bicyclic) bond motifs is 1. The van der Waals surface area contributed by atoms with E-state index in [9.17, 15) is 0 Å². The van der Waals surface area contributed by atoms with E-state index in [1.54, 1.807) is 0 Å². The van der Waals surface area contributed by atoms with Crippen molar-refractivity contribution < 1.29 is 0 Å². The van der Waals surface area contributed by atoms with Gasteiger partial charge in [-0.25, -0.2) is 0 Å². The molecule has 0 bridgehead atoms. The summed E-state index contributed by atoms with van der Waals surface area (Å²) in [5.74, 6) is 0. The Kier molecular flexibility index (Phi) is 2.93. The van der Waals surface area contributed by atoms with E-state index in [2.05, 4.69) is 73.6 Å². The SMILES string of the molecule is Bc1ccccc1CN1C=Cc2ccccc2C1. The fraction of sp³-hybridized carbons (Fsp3) is 0.125. The van der Waals surface area contributed by atoms with Gasteiger partial charge in [-0.15, -0.1) is 0 Å². The lowest BCUT2D eigenvalue weighted by Crippen LogP contribution is -2.23. The van der Waals surface area contributed by atoms with E-state index in [0.717, 1.165) is 13.1 Å². The zero-order valence-corrected chi connectivity index (χ0v) is 10.6. The van der Waals surface area contributed by atoms with Crippen LogP contribution in [0.1, 0.15) is 16.7 Å². The van der Waals surface area contributed by atoms with Gasteiger partial charge in [0.1, 0.15) is 7.85 Å². The molecule has 0 unspecified atom stereocenters. The average Bonchev–Trinajstić information content (AvgIpc) is 2.41. The molecule has 2 aromatic rings. The molecule has 0 radical (unpaired) electrons. The number of nitrogens with zero attached hydrogens (tertiary/aromatic N) is 1. The first-order chi connectivity index (χ1) is 8.83. The largest absolute Gasteiger partial charge is 0.369 e. The van der Waals surface area contributed by atoms with Crippen LogP contribution in [0.3, 0.4) is 0 Å². The Morgan fingerprint density at radius 3 is 2.67 bits per heavy atom. The first-order valence-corrected chi connectivity index (χ1v) is 6.37. The molecule has 1 nitrogen and oxygen atoms in total. The molecule has 0 saturated heterocycles. The molecule has 0 saturated carbocycles. The molecule has 18 heavy (non-hydrogen) atoms. The van der Waals surface area contributed by atoms with E-state index in [1.165, 1.54) is 22.2 Å². The van der Waals surface area contributed by atoms with Crippen molar-refractivity contribution in [1.29, 1.82) is 0 Å². The first-order valence-electron chi connectivity index (χ1n) is 6.37. The molecule has 88 valence electrons. The van der Waals surface area contributed by atoms with Crippen LogP contribution in [0.25, 0.3) is 6.08 Å². The second-order valence-corrected chi connectivity index (χ2v) is 4.85. The standard InChI is InChI=1S/C16H16BN/c17-16-8-4-3-7-15(16)12-18-10-9-13-5-1-2-6-14(13)11-18/h1-10H,11-12,17H2. The summed E-state index contributed by atoms with van der Waals surface area (Å²) < 4.78 is 0. The van der Waals surface area contributed by atoms with Crippen LogP contribution >= 0.6 is 0 Å². The lowest BCUT2D eigenvalue weighted by Gasteiger charge is -2.26. The smallest absolute Gasteiger partial charge is 0.139 e. The maximum absolute atomic E-state index is 2.37. The third-order valence-corrected chi connectivity index (χ3v) is 3.53. The molecule has 0 spiro atoms. The van der Waals surface area contributed by atoms with Crippen molar-refractivity contribution in [2.24, 2.45) is 0 Å². The fourth-order valence-electron chi connectivity index (χ4n) is 2.41. The first kappa shape index (κ1) is 11.2. The lowest BCUT2D eigenvalue weighted by atomic mass is 9.90. The average molecular weight is 233 g/mol. The summed E-state index contributed by atoms with van der Waals surface area (Å²) in [6, 6.07) is 17.2. The number of hydrogen-bond donors (Lipinski definition) is 0. The van der Waals surface area contributed by atoms with Crippen LogP contribution in [0.4, 0.5) is 0 Å². The highest BCUT2D eigenvalue weighted by Gasteiger charge is 2.10. The predicted molar refractivity (Wildman–Crippen MR) is 79.3 cm³/mol. The molecule has 0 atom stereocenters. The van der Waals surface area contributed by atoms with Crippen LogP contribution in [0, 0.1) is 0 Å². The molecular weight excluding hydrogens is 217 g/mol. The minimum Gasteiger partial charge on any atom is -0.369 e. The Morgan fingerprint density at radius 2 is 1.78 bits per heavy atom. The number of benzene rings is 2. The van der Waals surface area contributed by atoms with Crippen molar-refractivity contribution in [3.63, 3.8) is 0 Å². The Morgan fingerprint density at radius 1 is 1.00 bits per heavy atom. The van der Waals surface area contributed by atoms with Crippen molar-refractivity contribution in [3.8, 4) is 0 Å². The van der Waals surface area contributed by atoms with Gasteiger partial charge < -0.3 is 4.90 Å². The molecule has 0 aliphatic carbocycles. The van der Waals surface area contributed by atoms with Gasteiger partial charge >= 0.3 is 0 Å². The second-order valence-electron chi connectivity index (χ2n) is 4.85. The van der Waals surface area contributed by atoms with E-state index < -0.39 is 0 Å². The summed E-state index contributed by atoms with van der Waals surface area (Å²) >= 11 is 0. The molecule has 2 heteroatoms. The molecule has 3 rings (SSSR count). The Bertz CT molecular complexity index is 589. The minimum absolute atomic E-state index is 0.984. The lowest BCUT2D eigenvalue weighted by molar-refractivity contribution is 0.360. The molecule has 1 aliphatic heterocycles. The number of hydrogen-bond acceptors (Lipinski definition) is 1. The Hall–Kier alpha value is -1.96. The van der Waals surface area contributed by atoms with Gasteiger partial charge in [0, 0.05) is 19.3 Å². The molecular formula is C16H16BN. The van der Waals surface area contributed by atoms with Gasteiger partial charge in [-0.05, 0) is 22.8 Å². The highest BCUT2D eigenvalue weighted by Crippen LogP contribution is 2.20. The normalized spacial score (nSPS) is 13.4. The summed E-state index contributed by atoms with van der Waals surface area (Å²) in [6.07, 6.45) is 4.41. The van der Waals surface area contributed by atoms with Crippen molar-refractivity contribution >= 4 is 19.4 Å². The Labute approximate surface area is 109 Å². The van der Waals surface area contributed by atoms with Crippen LogP contribution in [0.2, 0.25) is 0 Å². The van der Waals surface area contributed by atoms with Crippen LogP contribution in [0.15, 0.2) is 54.7 Å². The number of rotatable bonds is 2. The monoisotopic (exact) mass is 233 g/mol. The van der Waals surface area contributed by atoms with Crippen molar-refractivity contribution in [2.45, 2.75) is 13.1 Å². The van der Waals surface area contributed by atoms with E-state index in [0.29, 0.717) is 0 Å². The summed E-state index contributed by atoms with van der Waals surface area (Å²) in [4.78, 5) is 2.37. The van der Waals surface area contributed by atoms with Gasteiger partial charge in [0.2, 0.25) is 0 Å². The minimum atomic E-state index is 0.984. The highest BCUT2D eigenvalue weighted by atomic mass is 15.1. The molecule has 0 amide bonds. The molecule has 2 aromatic carbocycles. The third-order valence-electron chi connectivity index (χ3n) is 3.53. The predicted octanol–water partition coefficient (Wildman–Crippen LogP) is 1.93. The Balaban J connectivity index is 1.80. The highest BCUT2D eigenvalue weighted by molar-refractivity contribution is 6.33. The van der Waals surface area contributed by atoms with Crippen LogP contribution in [0.5, 0.6) is 0 Å². The molecule has 1 aliphatic rings. The van der Waals surface area contributed by atoms with E-state index in [-0.39, 0.29) is 0 Å². The molecule has 1 heterocycles. The van der Waals surface area contributed by atoms with Gasteiger partial charge in [0.05, 0.1) is 0 Å². The van der Waals surface area contributed by atoms with E-state index in [1.807, 2.05) is 0 Å². The van der Waals surface area contributed by atoms with Crippen molar-refractivity contribution in [2.75, 3.05) is 0 Å². The summed E-state index contributed by atoms with van der Waals surface area (Å²) in [7, 11) is 2.18. The molecule has 0 N–H and O–H groups in total. The van der Waals surface area contributed by atoms with Gasteiger partial charge in [0.15, 0.2) is 0 Å². The van der Waals surface area contributed by atoms with Crippen molar-refractivity contribution in [3.05, 3.63) is 71.4 Å². The summed E-state index contributed by atoms with van der Waals surface area (Å²) in [5, 5.41) is 0. The van der Waals surface area contributed by atoms with Gasteiger partial charge in [-0.2, -0.15) is 0 Å². The van der Waals surface area contributed by atoms with Gasteiger partial charge in [-0.1, -0.05) is 54.0 Å². The van der Waals surface area contributed by atoms with Crippen LogP contribution in [-0.4, -0.2) is 12.7 Å². The van der Waals surface area contributed by atoms with E-state index in [4.69, 9.17) is 0 Å². The van der Waals surface area contributed by atoms with Crippen molar-refractivity contribution in [1.82, 2.24) is 4.90 Å². The third kappa shape index (κ3) is 2.19. The maximum Gasteiger partial charge on any atom is 0.139 e. The van der Waals surface area contributed by atoms with Crippen LogP contribution in [-0.2, 0) is 13.1 Å². The maximum atomic E-state index is 2.37. The second kappa shape index (κ2) is 4.73. The zero-order valence-electron chi connectivity index (χ0n) is 10.6. The fourth-order valence-corrected chi connectivity index (χ4v) is 2.41. The van der Waals surface area contributed by atoms with Gasteiger partial charge in [0.25, 0.3) is 0 Å². The quantitative estimate of drug-likeness (QED) is 0.716. The summed E-state index contributed by atoms with van der Waals surface area (Å²) in [5.41, 5.74) is 5.53. The molecule has 0 aromatic heterocycles. The van der Waals surface area contributed by atoms with Gasteiger partial charge in [-0.3, -0.25) is 0 Å². The van der Waals surface area contributed by atoms with Crippen LogP contribution < -0.4 is 5.46 Å². The molecule has 0 fully saturated rings. The zero-order chi connectivity index (χ0) is 12.4. The summed E-state index contributed by atoms with van der Waals surface area (Å²) in [6.45, 7) is 1.98.